The van der Waals surface area contributed by atoms with Gasteiger partial charge in [-0.05, 0) is 42.9 Å². The number of hydrogen-bond acceptors (Lipinski definition) is 2. The van der Waals surface area contributed by atoms with Crippen LogP contribution in [0.2, 0.25) is 0 Å². The zero-order valence-electron chi connectivity index (χ0n) is 12.4. The molecule has 3 heteroatoms. The maximum Gasteiger partial charge on any atom is 0.256 e. The van der Waals surface area contributed by atoms with E-state index in [0.29, 0.717) is 0 Å². The molecule has 0 saturated carbocycles. The average molecular weight is 270 g/mol. The van der Waals surface area contributed by atoms with Crippen molar-refractivity contribution >= 4 is 16.5 Å². The summed E-state index contributed by atoms with van der Waals surface area (Å²) in [7, 11) is 0. The second kappa shape index (κ2) is 6.51. The van der Waals surface area contributed by atoms with Gasteiger partial charge in [0.25, 0.3) is 5.56 Å². The van der Waals surface area contributed by atoms with Crippen molar-refractivity contribution in [3.8, 4) is 0 Å². The summed E-state index contributed by atoms with van der Waals surface area (Å²) in [4.78, 5) is 19.0. The van der Waals surface area contributed by atoms with Gasteiger partial charge in [0.1, 0.15) is 0 Å². The molecule has 0 fully saturated rings. The Morgan fingerprint density at radius 3 is 2.85 bits per heavy atom. The van der Waals surface area contributed by atoms with E-state index in [4.69, 9.17) is 0 Å². The number of allylic oxidation sites excluding steroid dienone is 2. The van der Waals surface area contributed by atoms with Crippen molar-refractivity contribution in [1.29, 1.82) is 0 Å². The van der Waals surface area contributed by atoms with Crippen molar-refractivity contribution in [2.75, 3.05) is 0 Å². The third-order valence-electron chi connectivity index (χ3n) is 3.67. The molecule has 20 heavy (non-hydrogen) atoms. The third-order valence-corrected chi connectivity index (χ3v) is 3.67. The number of nitrogens with one attached hydrogen (secondary N) is 1. The van der Waals surface area contributed by atoms with E-state index in [9.17, 15) is 4.79 Å². The summed E-state index contributed by atoms with van der Waals surface area (Å²) in [6.07, 6.45) is 8.90. The van der Waals surface area contributed by atoms with Crippen LogP contribution in [0.4, 0.5) is 0 Å². The topological polar surface area (TPSA) is 45.8 Å². The van der Waals surface area contributed by atoms with Crippen LogP contribution >= 0.6 is 0 Å². The van der Waals surface area contributed by atoms with E-state index in [-0.39, 0.29) is 5.56 Å². The average Bonchev–Trinajstić information content (AvgIpc) is 2.49. The molecule has 2 heterocycles. The van der Waals surface area contributed by atoms with Gasteiger partial charge in [-0.15, -0.1) is 0 Å². The zero-order valence-corrected chi connectivity index (χ0v) is 12.4. The molecule has 3 rings (SSSR count). The molecule has 2 aromatic rings. The summed E-state index contributed by atoms with van der Waals surface area (Å²) < 4.78 is 0. The van der Waals surface area contributed by atoms with Crippen LogP contribution in [0.3, 0.4) is 0 Å². The summed E-state index contributed by atoms with van der Waals surface area (Å²) in [5.41, 5.74) is 2.81. The number of hydrogen-bond donors (Lipinski definition) is 1. The van der Waals surface area contributed by atoms with Crippen LogP contribution in [-0.4, -0.2) is 9.97 Å². The highest BCUT2D eigenvalue weighted by Gasteiger charge is 2.14. The second-order valence-corrected chi connectivity index (χ2v) is 5.08. The number of rotatable bonds is 1. The minimum atomic E-state index is -0.00342. The highest BCUT2D eigenvalue weighted by atomic mass is 16.1. The SMILES string of the molecule is CC.CC1CC=C(c2cc3ccncc3[nH]c2=O)CC1. The normalized spacial score (nSPS) is 18.1. The molecule has 0 radical (unpaired) electrons. The van der Waals surface area contributed by atoms with Crippen LogP contribution < -0.4 is 5.56 Å². The maximum absolute atomic E-state index is 12.1. The molecule has 1 aliphatic carbocycles. The first-order valence-electron chi connectivity index (χ1n) is 7.40. The Morgan fingerprint density at radius 2 is 2.15 bits per heavy atom. The van der Waals surface area contributed by atoms with Crippen molar-refractivity contribution in [2.24, 2.45) is 5.92 Å². The fourth-order valence-corrected chi connectivity index (χ4v) is 2.49. The van der Waals surface area contributed by atoms with Crippen LogP contribution in [0.1, 0.15) is 45.6 Å². The van der Waals surface area contributed by atoms with Crippen LogP contribution in [0.5, 0.6) is 0 Å². The summed E-state index contributed by atoms with van der Waals surface area (Å²) in [6, 6.07) is 3.92. The Hall–Kier alpha value is -1.90. The fraction of sp³-hybridized carbons (Fsp3) is 0.412. The summed E-state index contributed by atoms with van der Waals surface area (Å²) in [6.45, 7) is 6.25. The summed E-state index contributed by atoms with van der Waals surface area (Å²) in [5.74, 6) is 0.734. The molecule has 1 N–H and O–H groups in total. The van der Waals surface area contributed by atoms with Gasteiger partial charge in [0, 0.05) is 17.1 Å². The van der Waals surface area contributed by atoms with Gasteiger partial charge in [-0.3, -0.25) is 9.78 Å². The monoisotopic (exact) mass is 270 g/mol. The number of aromatic amines is 1. The molecule has 0 aliphatic heterocycles. The number of nitrogens with zero attached hydrogens (tertiary/aromatic N) is 1. The van der Waals surface area contributed by atoms with Gasteiger partial charge in [-0.1, -0.05) is 26.8 Å². The Balaban J connectivity index is 0.000000704. The number of aromatic nitrogens is 2. The smallest absolute Gasteiger partial charge is 0.256 e. The van der Waals surface area contributed by atoms with Crippen molar-refractivity contribution in [3.63, 3.8) is 0 Å². The van der Waals surface area contributed by atoms with E-state index in [1.165, 1.54) is 12.0 Å². The van der Waals surface area contributed by atoms with Gasteiger partial charge in [0.2, 0.25) is 0 Å². The number of fused-ring (bicyclic) bond motifs is 1. The number of H-pyrrole nitrogens is 1. The predicted octanol–water partition coefficient (Wildman–Crippen LogP) is 4.15. The minimum absolute atomic E-state index is 0.00342. The lowest BCUT2D eigenvalue weighted by Gasteiger charge is -2.18. The van der Waals surface area contributed by atoms with Gasteiger partial charge in [0.15, 0.2) is 0 Å². The first-order chi connectivity index (χ1) is 9.74. The maximum atomic E-state index is 12.1. The Labute approximate surface area is 119 Å². The van der Waals surface area contributed by atoms with Gasteiger partial charge in [-0.25, -0.2) is 0 Å². The summed E-state index contributed by atoms with van der Waals surface area (Å²) >= 11 is 0. The van der Waals surface area contributed by atoms with Crippen LogP contribution in [-0.2, 0) is 0 Å². The number of pyridine rings is 2. The van der Waals surface area contributed by atoms with Crippen molar-refractivity contribution in [1.82, 2.24) is 9.97 Å². The molecule has 1 aliphatic rings. The Bertz CT molecular complexity index is 670. The molecular formula is C17H22N2O. The van der Waals surface area contributed by atoms with Crippen molar-refractivity contribution < 1.29 is 0 Å². The molecule has 2 aromatic heterocycles. The van der Waals surface area contributed by atoms with Gasteiger partial charge >= 0.3 is 0 Å². The molecule has 0 aromatic carbocycles. The van der Waals surface area contributed by atoms with Gasteiger partial charge in [0.05, 0.1) is 11.7 Å². The molecule has 0 amide bonds. The van der Waals surface area contributed by atoms with E-state index in [0.717, 1.165) is 35.2 Å². The van der Waals surface area contributed by atoms with E-state index in [2.05, 4.69) is 23.0 Å². The lowest BCUT2D eigenvalue weighted by molar-refractivity contribution is 0.533. The molecule has 1 unspecified atom stereocenters. The van der Waals surface area contributed by atoms with Crippen LogP contribution in [0, 0.1) is 5.92 Å². The largest absolute Gasteiger partial charge is 0.320 e. The fourth-order valence-electron chi connectivity index (χ4n) is 2.49. The summed E-state index contributed by atoms with van der Waals surface area (Å²) in [5, 5.41) is 1.04. The predicted molar refractivity (Wildman–Crippen MR) is 84.7 cm³/mol. The molecular weight excluding hydrogens is 248 g/mol. The second-order valence-electron chi connectivity index (χ2n) is 5.08. The molecule has 106 valence electrons. The van der Waals surface area contributed by atoms with Crippen LogP contribution in [0.25, 0.3) is 16.5 Å². The lowest BCUT2D eigenvalue weighted by atomic mass is 9.88. The van der Waals surface area contributed by atoms with Crippen molar-refractivity contribution in [2.45, 2.75) is 40.0 Å². The van der Waals surface area contributed by atoms with E-state index >= 15 is 0 Å². The molecule has 0 spiro atoms. The Morgan fingerprint density at radius 1 is 1.35 bits per heavy atom. The standard InChI is InChI=1S/C15H16N2O.C2H6/c1-10-2-4-11(5-3-10)13-8-12-6-7-16-9-14(12)17-15(13)18;1-2/h4,6-10H,2-3,5H2,1H3,(H,17,18);1-2H3. The van der Waals surface area contributed by atoms with E-state index in [1.54, 1.807) is 12.4 Å². The quantitative estimate of drug-likeness (QED) is 0.846. The highest BCUT2D eigenvalue weighted by molar-refractivity contribution is 5.81. The molecule has 1 atom stereocenters. The van der Waals surface area contributed by atoms with Gasteiger partial charge < -0.3 is 4.98 Å². The molecule has 0 bridgehead atoms. The van der Waals surface area contributed by atoms with Crippen molar-refractivity contribution in [3.05, 3.63) is 46.5 Å². The van der Waals surface area contributed by atoms with E-state index < -0.39 is 0 Å². The molecule has 3 nitrogen and oxygen atoms in total. The van der Waals surface area contributed by atoms with Gasteiger partial charge in [-0.2, -0.15) is 0 Å². The first-order valence-corrected chi connectivity index (χ1v) is 7.40. The highest BCUT2D eigenvalue weighted by Crippen LogP contribution is 2.29. The third kappa shape index (κ3) is 2.98. The Kier molecular flexibility index (Phi) is 4.72. The lowest BCUT2D eigenvalue weighted by Crippen LogP contribution is -2.13. The zero-order chi connectivity index (χ0) is 14.5. The minimum Gasteiger partial charge on any atom is -0.320 e. The first kappa shape index (κ1) is 14.5. The van der Waals surface area contributed by atoms with Crippen LogP contribution in [0.15, 0.2) is 35.4 Å². The molecule has 0 saturated heterocycles. The van der Waals surface area contributed by atoms with E-state index in [1.807, 2.05) is 26.0 Å².